The van der Waals surface area contributed by atoms with Gasteiger partial charge in [0, 0.05) is 18.6 Å². The highest BCUT2D eigenvalue weighted by molar-refractivity contribution is 7.89. The van der Waals surface area contributed by atoms with E-state index in [2.05, 4.69) is 40.8 Å². The van der Waals surface area contributed by atoms with Crippen LogP contribution in [0.15, 0.2) is 53.4 Å². The summed E-state index contributed by atoms with van der Waals surface area (Å²) in [7, 11) is -3.38. The summed E-state index contributed by atoms with van der Waals surface area (Å²) in [5.74, 6) is 0. The Morgan fingerprint density at radius 1 is 0.963 bits per heavy atom. The SMILES string of the molecule is CC1CCCN1CCc1ccc(-c2ccc(S(=O)(=O)NC3CC3)cc2)cc1. The fraction of sp³-hybridized carbons (Fsp3) is 0.455. The van der Waals surface area contributed by atoms with Crippen molar-refractivity contribution in [3.05, 3.63) is 54.1 Å². The fourth-order valence-corrected chi connectivity index (χ4v) is 5.08. The monoisotopic (exact) mass is 384 g/mol. The van der Waals surface area contributed by atoms with Crippen LogP contribution in [0, 0.1) is 0 Å². The van der Waals surface area contributed by atoms with Crippen molar-refractivity contribution in [3.63, 3.8) is 0 Å². The summed E-state index contributed by atoms with van der Waals surface area (Å²) in [6, 6.07) is 16.7. The van der Waals surface area contributed by atoms with Crippen molar-refractivity contribution in [3.8, 4) is 11.1 Å². The van der Waals surface area contributed by atoms with Crippen molar-refractivity contribution in [2.75, 3.05) is 13.1 Å². The predicted octanol–water partition coefficient (Wildman–Crippen LogP) is 3.82. The topological polar surface area (TPSA) is 49.4 Å². The largest absolute Gasteiger partial charge is 0.300 e. The van der Waals surface area contributed by atoms with E-state index in [1.54, 1.807) is 12.1 Å². The molecule has 1 saturated carbocycles. The summed E-state index contributed by atoms with van der Waals surface area (Å²) in [6.45, 7) is 4.67. The number of likely N-dealkylation sites (tertiary alicyclic amines) is 1. The first-order valence-electron chi connectivity index (χ1n) is 9.97. The van der Waals surface area contributed by atoms with Gasteiger partial charge in [-0.05, 0) is 74.4 Å². The Bertz CT molecular complexity index is 872. The average Bonchev–Trinajstić information content (AvgIpc) is 3.38. The van der Waals surface area contributed by atoms with Crippen molar-refractivity contribution in [2.45, 2.75) is 56.0 Å². The molecule has 0 aromatic heterocycles. The van der Waals surface area contributed by atoms with Crippen LogP contribution in [0.1, 0.15) is 38.2 Å². The second-order valence-electron chi connectivity index (χ2n) is 7.89. The lowest BCUT2D eigenvalue weighted by atomic mass is 10.0. The molecule has 2 aromatic carbocycles. The van der Waals surface area contributed by atoms with Crippen LogP contribution in [0.2, 0.25) is 0 Å². The molecule has 2 aliphatic rings. The molecule has 144 valence electrons. The Labute approximate surface area is 162 Å². The van der Waals surface area contributed by atoms with Crippen molar-refractivity contribution < 1.29 is 8.42 Å². The Morgan fingerprint density at radius 3 is 2.15 bits per heavy atom. The zero-order valence-corrected chi connectivity index (χ0v) is 16.7. The molecule has 1 saturated heterocycles. The van der Waals surface area contributed by atoms with Gasteiger partial charge in [-0.2, -0.15) is 0 Å². The third kappa shape index (κ3) is 4.60. The van der Waals surface area contributed by atoms with Gasteiger partial charge in [0.25, 0.3) is 0 Å². The predicted molar refractivity (Wildman–Crippen MR) is 109 cm³/mol. The highest BCUT2D eigenvalue weighted by atomic mass is 32.2. The van der Waals surface area contributed by atoms with Gasteiger partial charge in [0.1, 0.15) is 0 Å². The van der Waals surface area contributed by atoms with Crippen LogP contribution in [-0.4, -0.2) is 38.5 Å². The van der Waals surface area contributed by atoms with Crippen molar-refractivity contribution in [1.82, 2.24) is 9.62 Å². The smallest absolute Gasteiger partial charge is 0.240 e. The number of sulfonamides is 1. The van der Waals surface area contributed by atoms with Crippen LogP contribution in [0.5, 0.6) is 0 Å². The number of hydrogen-bond donors (Lipinski definition) is 1. The van der Waals surface area contributed by atoms with E-state index in [9.17, 15) is 8.42 Å². The lowest BCUT2D eigenvalue weighted by Gasteiger charge is -2.20. The van der Waals surface area contributed by atoms with E-state index >= 15 is 0 Å². The zero-order chi connectivity index (χ0) is 18.9. The quantitative estimate of drug-likeness (QED) is 0.789. The van der Waals surface area contributed by atoms with E-state index in [0.717, 1.165) is 36.9 Å². The summed E-state index contributed by atoms with van der Waals surface area (Å²) >= 11 is 0. The molecular formula is C22H28N2O2S. The molecule has 1 heterocycles. The maximum absolute atomic E-state index is 12.3. The van der Waals surface area contributed by atoms with Crippen molar-refractivity contribution in [1.29, 1.82) is 0 Å². The molecule has 4 nitrogen and oxygen atoms in total. The molecule has 2 fully saturated rings. The molecule has 1 atom stereocenters. The average molecular weight is 385 g/mol. The minimum absolute atomic E-state index is 0.130. The van der Waals surface area contributed by atoms with E-state index in [0.29, 0.717) is 10.9 Å². The molecule has 1 N–H and O–H groups in total. The Morgan fingerprint density at radius 2 is 1.59 bits per heavy atom. The van der Waals surface area contributed by atoms with Gasteiger partial charge >= 0.3 is 0 Å². The van der Waals surface area contributed by atoms with Crippen LogP contribution >= 0.6 is 0 Å². The zero-order valence-electron chi connectivity index (χ0n) is 15.9. The number of rotatable bonds is 7. The summed E-state index contributed by atoms with van der Waals surface area (Å²) in [6.07, 6.45) is 5.61. The summed E-state index contributed by atoms with van der Waals surface area (Å²) in [5.41, 5.74) is 3.51. The number of nitrogens with one attached hydrogen (secondary N) is 1. The lowest BCUT2D eigenvalue weighted by molar-refractivity contribution is 0.272. The van der Waals surface area contributed by atoms with E-state index in [1.165, 1.54) is 24.9 Å². The number of hydrogen-bond acceptors (Lipinski definition) is 3. The molecule has 0 spiro atoms. The van der Waals surface area contributed by atoms with Crippen LogP contribution in [0.25, 0.3) is 11.1 Å². The molecule has 0 radical (unpaired) electrons. The van der Waals surface area contributed by atoms with Gasteiger partial charge in [-0.15, -0.1) is 0 Å². The third-order valence-corrected chi connectivity index (χ3v) is 7.27. The molecule has 2 aromatic rings. The van der Waals surface area contributed by atoms with Gasteiger partial charge in [-0.1, -0.05) is 36.4 Å². The second kappa shape index (κ2) is 7.74. The summed E-state index contributed by atoms with van der Waals surface area (Å²) in [4.78, 5) is 2.91. The van der Waals surface area contributed by atoms with Gasteiger partial charge in [0.2, 0.25) is 10.0 Å². The molecule has 1 unspecified atom stereocenters. The van der Waals surface area contributed by atoms with Crippen molar-refractivity contribution >= 4 is 10.0 Å². The molecular weight excluding hydrogens is 356 g/mol. The maximum atomic E-state index is 12.3. The fourth-order valence-electron chi connectivity index (χ4n) is 3.78. The minimum atomic E-state index is -3.38. The van der Waals surface area contributed by atoms with Gasteiger partial charge in [-0.25, -0.2) is 13.1 Å². The van der Waals surface area contributed by atoms with Gasteiger partial charge in [0.05, 0.1) is 4.90 Å². The van der Waals surface area contributed by atoms with Crippen LogP contribution < -0.4 is 4.72 Å². The molecule has 0 amide bonds. The van der Waals surface area contributed by atoms with Crippen LogP contribution in [0.4, 0.5) is 0 Å². The Hall–Kier alpha value is -1.69. The first-order valence-corrected chi connectivity index (χ1v) is 11.5. The van der Waals surface area contributed by atoms with Crippen molar-refractivity contribution in [2.24, 2.45) is 0 Å². The second-order valence-corrected chi connectivity index (χ2v) is 9.61. The third-order valence-electron chi connectivity index (χ3n) is 5.73. The van der Waals surface area contributed by atoms with Gasteiger partial charge in [0.15, 0.2) is 0 Å². The Kier molecular flexibility index (Phi) is 5.35. The number of nitrogens with zero attached hydrogens (tertiary/aromatic N) is 1. The van der Waals surface area contributed by atoms with Gasteiger partial charge < -0.3 is 4.90 Å². The molecule has 27 heavy (non-hydrogen) atoms. The normalized spacial score (nSPS) is 20.9. The number of benzene rings is 2. The van der Waals surface area contributed by atoms with E-state index in [-0.39, 0.29) is 6.04 Å². The molecule has 1 aliphatic heterocycles. The van der Waals surface area contributed by atoms with Crippen LogP contribution in [0.3, 0.4) is 0 Å². The molecule has 4 rings (SSSR count). The van der Waals surface area contributed by atoms with E-state index < -0.39 is 10.0 Å². The van der Waals surface area contributed by atoms with E-state index in [1.807, 2.05) is 12.1 Å². The molecule has 1 aliphatic carbocycles. The standard InChI is InChI=1S/C22H28N2O2S/c1-17-3-2-15-24(17)16-14-18-4-6-19(7-5-18)20-8-12-22(13-9-20)27(25,26)23-21-10-11-21/h4-9,12-13,17,21,23H,2-3,10-11,14-16H2,1H3. The highest BCUT2D eigenvalue weighted by Crippen LogP contribution is 2.25. The summed E-state index contributed by atoms with van der Waals surface area (Å²) < 4.78 is 27.2. The molecule has 5 heteroatoms. The Balaban J connectivity index is 1.39. The lowest BCUT2D eigenvalue weighted by Crippen LogP contribution is -2.28. The highest BCUT2D eigenvalue weighted by Gasteiger charge is 2.27. The maximum Gasteiger partial charge on any atom is 0.240 e. The van der Waals surface area contributed by atoms with Crippen LogP contribution in [-0.2, 0) is 16.4 Å². The molecule has 0 bridgehead atoms. The van der Waals surface area contributed by atoms with Gasteiger partial charge in [-0.3, -0.25) is 0 Å². The first kappa shape index (κ1) is 18.7. The minimum Gasteiger partial charge on any atom is -0.300 e. The summed E-state index contributed by atoms with van der Waals surface area (Å²) in [5, 5.41) is 0. The van der Waals surface area contributed by atoms with E-state index in [4.69, 9.17) is 0 Å². The first-order chi connectivity index (χ1) is 13.0.